The second-order valence-electron chi connectivity index (χ2n) is 2.94. The van der Waals surface area contributed by atoms with E-state index in [1.807, 2.05) is 19.2 Å². The fraction of sp³-hybridized carbons (Fsp3) is 0.222. The van der Waals surface area contributed by atoms with E-state index in [2.05, 4.69) is 4.98 Å². The Kier molecular flexibility index (Phi) is 1.54. The van der Waals surface area contributed by atoms with Crippen LogP contribution in [0.5, 0.6) is 0 Å². The van der Waals surface area contributed by atoms with Crippen LogP contribution < -0.4 is 5.43 Å². The number of pyridine rings is 1. The van der Waals surface area contributed by atoms with Gasteiger partial charge in [-0.05, 0) is 24.8 Å². The summed E-state index contributed by atoms with van der Waals surface area (Å²) in [6.07, 6.45) is 0. The second kappa shape index (κ2) is 2.45. The molecule has 62 valence electrons. The molecular weight excluding hydrogens is 170 g/mol. The van der Waals surface area contributed by atoms with Crippen LogP contribution in [0.1, 0.15) is 11.3 Å². The molecule has 0 aliphatic heterocycles. The first-order chi connectivity index (χ1) is 5.68. The summed E-state index contributed by atoms with van der Waals surface area (Å²) in [5.74, 6) is 0. The highest BCUT2D eigenvalue weighted by Gasteiger charge is 2.03. The van der Waals surface area contributed by atoms with Gasteiger partial charge in [0, 0.05) is 11.8 Å². The lowest BCUT2D eigenvalue weighted by Gasteiger charge is -1.94. The molecule has 0 fully saturated rings. The fourth-order valence-corrected chi connectivity index (χ4v) is 2.19. The summed E-state index contributed by atoms with van der Waals surface area (Å²) < 4.78 is 0.832. The molecule has 0 spiro atoms. The standard InChI is InChI=1S/C9H9NOS/c1-5-4-12-9-7(11)3-6(2)10-8(5)9/h3-4H,1-2H3,(H,10,11). The van der Waals surface area contributed by atoms with Crippen LogP contribution in [0.15, 0.2) is 16.2 Å². The minimum Gasteiger partial charge on any atom is -0.358 e. The highest BCUT2D eigenvalue weighted by Crippen LogP contribution is 2.19. The zero-order valence-corrected chi connectivity index (χ0v) is 7.79. The van der Waals surface area contributed by atoms with Gasteiger partial charge in [0.15, 0.2) is 5.43 Å². The molecule has 2 aromatic heterocycles. The maximum atomic E-state index is 11.4. The van der Waals surface area contributed by atoms with Crippen LogP contribution in [-0.2, 0) is 0 Å². The van der Waals surface area contributed by atoms with Crippen molar-refractivity contribution in [2.45, 2.75) is 13.8 Å². The number of aromatic nitrogens is 1. The molecule has 0 saturated carbocycles. The van der Waals surface area contributed by atoms with Gasteiger partial charge in [-0.15, -0.1) is 11.3 Å². The van der Waals surface area contributed by atoms with Crippen LogP contribution in [0.3, 0.4) is 0 Å². The van der Waals surface area contributed by atoms with Crippen molar-refractivity contribution >= 4 is 21.6 Å². The monoisotopic (exact) mass is 179 g/mol. The number of aryl methyl sites for hydroxylation is 2. The maximum Gasteiger partial charge on any atom is 0.199 e. The highest BCUT2D eigenvalue weighted by molar-refractivity contribution is 7.17. The van der Waals surface area contributed by atoms with Gasteiger partial charge in [-0.1, -0.05) is 0 Å². The number of thiophene rings is 1. The van der Waals surface area contributed by atoms with Crippen molar-refractivity contribution in [1.29, 1.82) is 0 Å². The summed E-state index contributed by atoms with van der Waals surface area (Å²) in [7, 11) is 0. The van der Waals surface area contributed by atoms with E-state index in [-0.39, 0.29) is 5.43 Å². The molecule has 0 atom stereocenters. The van der Waals surface area contributed by atoms with Crippen LogP contribution in [0.2, 0.25) is 0 Å². The summed E-state index contributed by atoms with van der Waals surface area (Å²) in [6.45, 7) is 3.91. The summed E-state index contributed by atoms with van der Waals surface area (Å²) >= 11 is 1.51. The van der Waals surface area contributed by atoms with Gasteiger partial charge in [-0.25, -0.2) is 0 Å². The van der Waals surface area contributed by atoms with Crippen molar-refractivity contribution in [3.05, 3.63) is 32.9 Å². The molecule has 2 heterocycles. The number of hydrogen-bond acceptors (Lipinski definition) is 2. The Labute approximate surface area is 73.9 Å². The molecule has 3 heteroatoms. The molecule has 0 bridgehead atoms. The largest absolute Gasteiger partial charge is 0.358 e. The molecule has 0 saturated heterocycles. The third kappa shape index (κ3) is 0.975. The van der Waals surface area contributed by atoms with Crippen LogP contribution in [-0.4, -0.2) is 4.98 Å². The molecule has 0 amide bonds. The second-order valence-corrected chi connectivity index (χ2v) is 3.82. The molecular formula is C9H9NOS. The number of rotatable bonds is 0. The minimum absolute atomic E-state index is 0.124. The van der Waals surface area contributed by atoms with Gasteiger partial charge in [0.1, 0.15) is 0 Å². The highest BCUT2D eigenvalue weighted by atomic mass is 32.1. The molecule has 2 nitrogen and oxygen atoms in total. The molecule has 0 aliphatic rings. The normalized spacial score (nSPS) is 10.8. The Morgan fingerprint density at radius 2 is 2.17 bits per heavy atom. The first-order valence-corrected chi connectivity index (χ1v) is 4.64. The molecule has 2 rings (SSSR count). The van der Waals surface area contributed by atoms with E-state index < -0.39 is 0 Å². The number of fused-ring (bicyclic) bond motifs is 1. The molecule has 0 aromatic carbocycles. The van der Waals surface area contributed by atoms with Crippen LogP contribution >= 0.6 is 11.3 Å². The molecule has 1 N–H and O–H groups in total. The lowest BCUT2D eigenvalue weighted by molar-refractivity contribution is 1.24. The van der Waals surface area contributed by atoms with Crippen LogP contribution in [0, 0.1) is 13.8 Å². The van der Waals surface area contributed by atoms with Gasteiger partial charge in [-0.3, -0.25) is 4.79 Å². The summed E-state index contributed by atoms with van der Waals surface area (Å²) in [5, 5.41) is 2.00. The van der Waals surface area contributed by atoms with Crippen LogP contribution in [0.4, 0.5) is 0 Å². The Bertz CT molecular complexity index is 481. The van der Waals surface area contributed by atoms with Crippen molar-refractivity contribution in [3.8, 4) is 0 Å². The molecule has 0 unspecified atom stereocenters. The van der Waals surface area contributed by atoms with E-state index >= 15 is 0 Å². The van der Waals surface area contributed by atoms with Gasteiger partial charge in [0.25, 0.3) is 0 Å². The fourth-order valence-electron chi connectivity index (χ4n) is 1.28. The third-order valence-electron chi connectivity index (χ3n) is 1.87. The zero-order valence-electron chi connectivity index (χ0n) is 6.97. The quantitative estimate of drug-likeness (QED) is 0.660. The van der Waals surface area contributed by atoms with Crippen molar-refractivity contribution in [3.63, 3.8) is 0 Å². The number of nitrogens with one attached hydrogen (secondary N) is 1. The van der Waals surface area contributed by atoms with E-state index in [0.29, 0.717) is 0 Å². The van der Waals surface area contributed by atoms with E-state index in [1.165, 1.54) is 11.3 Å². The topological polar surface area (TPSA) is 32.9 Å². The van der Waals surface area contributed by atoms with E-state index in [0.717, 1.165) is 21.5 Å². The Morgan fingerprint density at radius 1 is 1.42 bits per heavy atom. The summed E-state index contributed by atoms with van der Waals surface area (Å²) in [6, 6.07) is 1.64. The van der Waals surface area contributed by atoms with Crippen molar-refractivity contribution in [2.75, 3.05) is 0 Å². The van der Waals surface area contributed by atoms with Gasteiger partial charge < -0.3 is 4.98 Å². The number of hydrogen-bond donors (Lipinski definition) is 1. The van der Waals surface area contributed by atoms with Crippen LogP contribution in [0.25, 0.3) is 10.2 Å². The van der Waals surface area contributed by atoms with Crippen molar-refractivity contribution < 1.29 is 0 Å². The summed E-state index contributed by atoms with van der Waals surface area (Å²) in [4.78, 5) is 14.6. The number of H-pyrrole nitrogens is 1. The zero-order chi connectivity index (χ0) is 8.72. The van der Waals surface area contributed by atoms with Gasteiger partial charge in [0.2, 0.25) is 0 Å². The Balaban J connectivity index is 3.03. The molecule has 0 radical (unpaired) electrons. The average Bonchev–Trinajstić information content (AvgIpc) is 2.33. The van der Waals surface area contributed by atoms with Crippen molar-refractivity contribution in [2.24, 2.45) is 0 Å². The lowest BCUT2D eigenvalue weighted by Crippen LogP contribution is -2.00. The van der Waals surface area contributed by atoms with E-state index in [4.69, 9.17) is 0 Å². The van der Waals surface area contributed by atoms with Gasteiger partial charge in [-0.2, -0.15) is 0 Å². The molecule has 12 heavy (non-hydrogen) atoms. The third-order valence-corrected chi connectivity index (χ3v) is 2.98. The minimum atomic E-state index is 0.124. The Morgan fingerprint density at radius 3 is 2.92 bits per heavy atom. The van der Waals surface area contributed by atoms with E-state index in [1.54, 1.807) is 6.07 Å². The predicted octanol–water partition coefficient (Wildman–Crippen LogP) is 2.21. The van der Waals surface area contributed by atoms with Crippen molar-refractivity contribution in [1.82, 2.24) is 4.98 Å². The molecule has 2 aromatic rings. The van der Waals surface area contributed by atoms with Gasteiger partial charge in [0.05, 0.1) is 10.2 Å². The summed E-state index contributed by atoms with van der Waals surface area (Å²) in [5.41, 5.74) is 3.19. The first-order valence-electron chi connectivity index (χ1n) is 3.76. The first kappa shape index (κ1) is 7.55. The predicted molar refractivity (Wildman–Crippen MR) is 51.9 cm³/mol. The van der Waals surface area contributed by atoms with E-state index in [9.17, 15) is 4.79 Å². The SMILES string of the molecule is Cc1cc(=O)c2scc(C)c2[nH]1. The number of aromatic amines is 1. The smallest absolute Gasteiger partial charge is 0.199 e. The Hall–Kier alpha value is -1.09. The average molecular weight is 179 g/mol. The molecule has 0 aliphatic carbocycles. The maximum absolute atomic E-state index is 11.4. The van der Waals surface area contributed by atoms with Gasteiger partial charge >= 0.3 is 0 Å². The lowest BCUT2D eigenvalue weighted by atomic mass is 10.3.